The lowest BCUT2D eigenvalue weighted by Crippen LogP contribution is -2.21. The highest BCUT2D eigenvalue weighted by Gasteiger charge is 2.08. The fraction of sp³-hybridized carbons (Fsp3) is 0.0588. The van der Waals surface area contributed by atoms with Crippen LogP contribution in [0.2, 0.25) is 0 Å². The van der Waals surface area contributed by atoms with Crippen molar-refractivity contribution in [2.24, 2.45) is 0 Å². The van der Waals surface area contributed by atoms with Crippen LogP contribution in [0.4, 0.5) is 0 Å². The summed E-state index contributed by atoms with van der Waals surface area (Å²) < 4.78 is 0. The van der Waals surface area contributed by atoms with E-state index in [-0.39, 0.29) is 12.3 Å². The van der Waals surface area contributed by atoms with Crippen molar-refractivity contribution >= 4 is 17.4 Å². The standard InChI is InChI=1S/C17H15NO3/c19-16(14-9-5-2-6-10-14)11-15(18-12-17(20)21)13-7-3-1-4-8-13/h1-11,18H,12H2,(H,20,21)/b15-11-. The number of hydrogen-bond acceptors (Lipinski definition) is 3. The van der Waals surface area contributed by atoms with E-state index in [1.165, 1.54) is 6.08 Å². The van der Waals surface area contributed by atoms with Crippen LogP contribution < -0.4 is 5.32 Å². The Morgan fingerprint density at radius 3 is 1.95 bits per heavy atom. The first-order chi connectivity index (χ1) is 10.2. The number of ketones is 1. The van der Waals surface area contributed by atoms with E-state index >= 15 is 0 Å². The average molecular weight is 281 g/mol. The fourth-order valence-electron chi connectivity index (χ4n) is 1.84. The van der Waals surface area contributed by atoms with Crippen molar-refractivity contribution in [3.63, 3.8) is 0 Å². The molecule has 0 aliphatic rings. The van der Waals surface area contributed by atoms with E-state index in [2.05, 4.69) is 5.32 Å². The number of nitrogens with one attached hydrogen (secondary N) is 1. The molecule has 106 valence electrons. The minimum Gasteiger partial charge on any atom is -0.480 e. The predicted molar refractivity (Wildman–Crippen MR) is 80.8 cm³/mol. The molecule has 0 fully saturated rings. The molecule has 4 nitrogen and oxygen atoms in total. The molecular weight excluding hydrogens is 266 g/mol. The van der Waals surface area contributed by atoms with Crippen LogP contribution >= 0.6 is 0 Å². The summed E-state index contributed by atoms with van der Waals surface area (Å²) in [7, 11) is 0. The molecule has 0 saturated heterocycles. The van der Waals surface area contributed by atoms with Gasteiger partial charge in [-0.15, -0.1) is 0 Å². The van der Waals surface area contributed by atoms with Gasteiger partial charge in [-0.3, -0.25) is 9.59 Å². The van der Waals surface area contributed by atoms with Crippen LogP contribution in [0, 0.1) is 0 Å². The van der Waals surface area contributed by atoms with E-state index < -0.39 is 5.97 Å². The summed E-state index contributed by atoms with van der Waals surface area (Å²) in [6.07, 6.45) is 1.42. The normalized spacial score (nSPS) is 11.0. The molecule has 0 bridgehead atoms. The predicted octanol–water partition coefficient (Wildman–Crippen LogP) is 2.58. The van der Waals surface area contributed by atoms with Crippen molar-refractivity contribution in [2.45, 2.75) is 0 Å². The molecule has 0 aromatic heterocycles. The first-order valence-corrected chi connectivity index (χ1v) is 6.49. The van der Waals surface area contributed by atoms with Crippen LogP contribution in [0.1, 0.15) is 15.9 Å². The number of carboxylic acids is 1. The molecule has 0 atom stereocenters. The van der Waals surface area contributed by atoms with Gasteiger partial charge >= 0.3 is 5.97 Å². The highest BCUT2D eigenvalue weighted by Crippen LogP contribution is 2.12. The summed E-state index contributed by atoms with van der Waals surface area (Å²) in [5.74, 6) is -1.16. The quantitative estimate of drug-likeness (QED) is 0.631. The van der Waals surface area contributed by atoms with Crippen LogP contribution in [0.25, 0.3) is 5.70 Å². The first-order valence-electron chi connectivity index (χ1n) is 6.49. The Kier molecular flexibility index (Phi) is 4.88. The van der Waals surface area contributed by atoms with Crippen LogP contribution in [0.5, 0.6) is 0 Å². The molecule has 2 N–H and O–H groups in total. The van der Waals surface area contributed by atoms with Crippen LogP contribution in [-0.2, 0) is 4.79 Å². The molecule has 2 rings (SSSR count). The number of aliphatic carboxylic acids is 1. The van der Waals surface area contributed by atoms with Crippen LogP contribution in [0.3, 0.4) is 0 Å². The Labute approximate surface area is 122 Å². The van der Waals surface area contributed by atoms with Crippen LogP contribution in [-0.4, -0.2) is 23.4 Å². The monoisotopic (exact) mass is 281 g/mol. The second kappa shape index (κ2) is 7.05. The van der Waals surface area contributed by atoms with Gasteiger partial charge in [-0.25, -0.2) is 0 Å². The number of carbonyl (C=O) groups is 2. The van der Waals surface area contributed by atoms with E-state index in [0.29, 0.717) is 11.3 Å². The molecule has 2 aromatic rings. The molecule has 0 radical (unpaired) electrons. The Balaban J connectivity index is 2.28. The molecule has 2 aromatic carbocycles. The maximum absolute atomic E-state index is 12.2. The Morgan fingerprint density at radius 1 is 0.905 bits per heavy atom. The lowest BCUT2D eigenvalue weighted by atomic mass is 10.1. The minimum absolute atomic E-state index is 0.174. The lowest BCUT2D eigenvalue weighted by molar-refractivity contribution is -0.135. The van der Waals surface area contributed by atoms with Gasteiger partial charge in [-0.05, 0) is 5.56 Å². The summed E-state index contributed by atoms with van der Waals surface area (Å²) in [6, 6.07) is 18.0. The summed E-state index contributed by atoms with van der Waals surface area (Å²) >= 11 is 0. The maximum Gasteiger partial charge on any atom is 0.322 e. The fourth-order valence-corrected chi connectivity index (χ4v) is 1.84. The maximum atomic E-state index is 12.2. The highest BCUT2D eigenvalue weighted by atomic mass is 16.4. The molecule has 0 amide bonds. The minimum atomic E-state index is -0.982. The molecule has 0 spiro atoms. The second-order valence-corrected chi connectivity index (χ2v) is 4.40. The van der Waals surface area contributed by atoms with Gasteiger partial charge in [0, 0.05) is 17.3 Å². The van der Waals surface area contributed by atoms with Gasteiger partial charge in [-0.2, -0.15) is 0 Å². The van der Waals surface area contributed by atoms with E-state index in [1.807, 2.05) is 36.4 Å². The number of hydrogen-bond donors (Lipinski definition) is 2. The second-order valence-electron chi connectivity index (χ2n) is 4.40. The summed E-state index contributed by atoms with van der Waals surface area (Å²) in [6.45, 7) is -0.247. The Morgan fingerprint density at radius 2 is 1.43 bits per heavy atom. The first kappa shape index (κ1) is 14.5. The van der Waals surface area contributed by atoms with Crippen molar-refractivity contribution in [3.05, 3.63) is 77.9 Å². The third-order valence-electron chi connectivity index (χ3n) is 2.85. The van der Waals surface area contributed by atoms with Crippen molar-refractivity contribution < 1.29 is 14.7 Å². The third-order valence-corrected chi connectivity index (χ3v) is 2.85. The summed E-state index contributed by atoms with van der Waals surface area (Å²) in [5.41, 5.74) is 1.82. The average Bonchev–Trinajstić information content (AvgIpc) is 2.52. The van der Waals surface area contributed by atoms with Crippen molar-refractivity contribution in [2.75, 3.05) is 6.54 Å². The van der Waals surface area contributed by atoms with Gasteiger partial charge in [0.05, 0.1) is 0 Å². The molecule has 0 aliphatic carbocycles. The summed E-state index contributed by atoms with van der Waals surface area (Å²) in [5, 5.41) is 11.6. The molecule has 0 unspecified atom stereocenters. The molecular formula is C17H15NO3. The van der Waals surface area contributed by atoms with Crippen molar-refractivity contribution in [1.29, 1.82) is 0 Å². The smallest absolute Gasteiger partial charge is 0.322 e. The van der Waals surface area contributed by atoms with Gasteiger partial charge in [-0.1, -0.05) is 60.7 Å². The van der Waals surface area contributed by atoms with Crippen molar-refractivity contribution in [3.8, 4) is 0 Å². The molecule has 0 aliphatic heterocycles. The van der Waals surface area contributed by atoms with E-state index in [0.717, 1.165) is 5.56 Å². The van der Waals surface area contributed by atoms with Gasteiger partial charge in [0.2, 0.25) is 0 Å². The zero-order valence-electron chi connectivity index (χ0n) is 11.3. The van der Waals surface area contributed by atoms with E-state index in [4.69, 9.17) is 5.11 Å². The van der Waals surface area contributed by atoms with Gasteiger partial charge in [0.25, 0.3) is 0 Å². The van der Waals surface area contributed by atoms with Gasteiger partial charge in [0.15, 0.2) is 5.78 Å². The van der Waals surface area contributed by atoms with Crippen molar-refractivity contribution in [1.82, 2.24) is 5.32 Å². The lowest BCUT2D eigenvalue weighted by Gasteiger charge is -2.09. The number of carbonyl (C=O) groups excluding carboxylic acids is 1. The zero-order chi connectivity index (χ0) is 15.1. The van der Waals surface area contributed by atoms with E-state index in [9.17, 15) is 9.59 Å². The molecule has 21 heavy (non-hydrogen) atoms. The van der Waals surface area contributed by atoms with E-state index in [1.54, 1.807) is 24.3 Å². The third kappa shape index (κ3) is 4.31. The van der Waals surface area contributed by atoms with Gasteiger partial charge < -0.3 is 10.4 Å². The van der Waals surface area contributed by atoms with Gasteiger partial charge in [0.1, 0.15) is 6.54 Å². The summed E-state index contributed by atoms with van der Waals surface area (Å²) in [4.78, 5) is 22.9. The number of allylic oxidation sites excluding steroid dienone is 1. The molecule has 4 heteroatoms. The molecule has 0 saturated carbocycles. The number of carboxylic acid groups (broad SMARTS) is 1. The SMILES string of the molecule is O=C(O)CN/C(=C\C(=O)c1ccccc1)c1ccccc1. The topological polar surface area (TPSA) is 66.4 Å². The number of benzene rings is 2. The zero-order valence-corrected chi connectivity index (χ0v) is 11.3. The number of rotatable bonds is 6. The Hall–Kier alpha value is -2.88. The Bertz CT molecular complexity index is 648. The van der Waals surface area contributed by atoms with Crippen LogP contribution in [0.15, 0.2) is 66.7 Å². The molecule has 0 heterocycles. The highest BCUT2D eigenvalue weighted by molar-refractivity contribution is 6.08. The largest absolute Gasteiger partial charge is 0.480 e.